The van der Waals surface area contributed by atoms with Crippen molar-refractivity contribution in [3.8, 4) is 0 Å². The number of benzene rings is 1. The molecule has 1 rings (SSSR count). The van der Waals surface area contributed by atoms with E-state index in [9.17, 15) is 4.79 Å². The van der Waals surface area contributed by atoms with Crippen molar-refractivity contribution >= 4 is 33.7 Å². The van der Waals surface area contributed by atoms with Crippen LogP contribution in [0.1, 0.15) is 5.56 Å². The Morgan fingerprint density at radius 3 is 2.69 bits per heavy atom. The molecule has 0 saturated heterocycles. The van der Waals surface area contributed by atoms with Gasteiger partial charge in [-0.1, -0.05) is 28.1 Å². The fourth-order valence-corrected chi connectivity index (χ4v) is 2.30. The van der Waals surface area contributed by atoms with E-state index in [2.05, 4.69) is 20.7 Å². The Bertz CT molecular complexity index is 342. The van der Waals surface area contributed by atoms with E-state index in [1.54, 1.807) is 11.8 Å². The molecular formula is C11H14BrNO2S. The summed E-state index contributed by atoms with van der Waals surface area (Å²) in [6.45, 7) is 0. The van der Waals surface area contributed by atoms with E-state index < -0.39 is 6.04 Å². The normalized spacial score (nSPS) is 12.2. The van der Waals surface area contributed by atoms with Gasteiger partial charge in [-0.05, 0) is 17.7 Å². The average molecular weight is 304 g/mol. The summed E-state index contributed by atoms with van der Waals surface area (Å²) in [6, 6.07) is 7.54. The highest BCUT2D eigenvalue weighted by molar-refractivity contribution is 9.10. The van der Waals surface area contributed by atoms with Crippen LogP contribution in [0.25, 0.3) is 0 Å². The Morgan fingerprint density at radius 1 is 1.50 bits per heavy atom. The zero-order valence-electron chi connectivity index (χ0n) is 8.98. The summed E-state index contributed by atoms with van der Waals surface area (Å²) in [4.78, 5) is 11.0. The molecule has 16 heavy (non-hydrogen) atoms. The summed E-state index contributed by atoms with van der Waals surface area (Å²) in [5, 5.41) is 0. The van der Waals surface area contributed by atoms with E-state index in [-0.39, 0.29) is 5.97 Å². The molecule has 0 spiro atoms. The van der Waals surface area contributed by atoms with Crippen LogP contribution in [0.5, 0.6) is 0 Å². The highest BCUT2D eigenvalue weighted by Gasteiger charge is 2.12. The maximum atomic E-state index is 11.0. The molecule has 1 unspecified atom stereocenters. The first-order valence-electron chi connectivity index (χ1n) is 4.79. The van der Waals surface area contributed by atoms with Crippen molar-refractivity contribution < 1.29 is 9.53 Å². The third-order valence-corrected chi connectivity index (χ3v) is 3.64. The molecule has 3 nitrogen and oxygen atoms in total. The van der Waals surface area contributed by atoms with Crippen LogP contribution in [0.15, 0.2) is 28.7 Å². The maximum Gasteiger partial charge on any atom is 0.323 e. The van der Waals surface area contributed by atoms with Crippen LogP contribution in [0.2, 0.25) is 0 Å². The van der Waals surface area contributed by atoms with Gasteiger partial charge in [-0.3, -0.25) is 4.79 Å². The molecule has 88 valence electrons. The molecule has 0 radical (unpaired) electrons. The van der Waals surface area contributed by atoms with Gasteiger partial charge in [-0.15, -0.1) is 0 Å². The maximum absolute atomic E-state index is 11.0. The predicted octanol–water partition coefficient (Wildman–Crippen LogP) is 2.18. The summed E-state index contributed by atoms with van der Waals surface area (Å²) in [5.41, 5.74) is 6.83. The minimum Gasteiger partial charge on any atom is -0.468 e. The van der Waals surface area contributed by atoms with Crippen LogP contribution < -0.4 is 5.73 Å². The molecule has 2 N–H and O–H groups in total. The zero-order valence-corrected chi connectivity index (χ0v) is 11.4. The lowest BCUT2D eigenvalue weighted by atomic mass is 10.2. The number of rotatable bonds is 5. The summed E-state index contributed by atoms with van der Waals surface area (Å²) in [7, 11) is 1.35. The summed E-state index contributed by atoms with van der Waals surface area (Å²) >= 11 is 5.00. The van der Waals surface area contributed by atoms with Gasteiger partial charge in [-0.2, -0.15) is 11.8 Å². The molecule has 0 bridgehead atoms. The van der Waals surface area contributed by atoms with E-state index in [4.69, 9.17) is 5.73 Å². The van der Waals surface area contributed by atoms with E-state index in [0.717, 1.165) is 10.2 Å². The van der Waals surface area contributed by atoms with Crippen LogP contribution >= 0.6 is 27.7 Å². The van der Waals surface area contributed by atoms with E-state index in [1.165, 1.54) is 12.7 Å². The first kappa shape index (κ1) is 13.5. The topological polar surface area (TPSA) is 52.3 Å². The molecule has 1 aromatic carbocycles. The van der Waals surface area contributed by atoms with Crippen LogP contribution in [0, 0.1) is 0 Å². The minimum absolute atomic E-state index is 0.358. The lowest BCUT2D eigenvalue weighted by Crippen LogP contribution is -2.33. The quantitative estimate of drug-likeness (QED) is 0.847. The van der Waals surface area contributed by atoms with Gasteiger partial charge in [0, 0.05) is 16.0 Å². The first-order chi connectivity index (χ1) is 7.63. The second kappa shape index (κ2) is 6.93. The number of nitrogens with two attached hydrogens (primary N) is 1. The van der Waals surface area contributed by atoms with Crippen molar-refractivity contribution in [3.05, 3.63) is 34.3 Å². The Labute approximate surface area is 108 Å². The largest absolute Gasteiger partial charge is 0.468 e. The standard InChI is InChI=1S/C11H14BrNO2S/c1-15-11(14)10(13)7-16-6-8-2-4-9(12)5-3-8/h2-5,10H,6-7,13H2,1H3. The molecule has 5 heteroatoms. The molecular weight excluding hydrogens is 290 g/mol. The van der Waals surface area contributed by atoms with Gasteiger partial charge >= 0.3 is 5.97 Å². The van der Waals surface area contributed by atoms with Crippen molar-refractivity contribution in [2.45, 2.75) is 11.8 Å². The fourth-order valence-electron chi connectivity index (χ4n) is 1.10. The number of halogens is 1. The molecule has 0 heterocycles. The van der Waals surface area contributed by atoms with Gasteiger partial charge in [0.05, 0.1) is 7.11 Å². The first-order valence-corrected chi connectivity index (χ1v) is 6.74. The minimum atomic E-state index is -0.537. The van der Waals surface area contributed by atoms with Gasteiger partial charge in [0.25, 0.3) is 0 Å². The number of carbonyl (C=O) groups is 1. The molecule has 0 amide bonds. The number of thioether (sulfide) groups is 1. The molecule has 0 aliphatic carbocycles. The number of esters is 1. The Morgan fingerprint density at radius 2 is 2.12 bits per heavy atom. The van der Waals surface area contributed by atoms with Gasteiger partial charge in [0.1, 0.15) is 6.04 Å². The second-order valence-electron chi connectivity index (χ2n) is 3.27. The van der Waals surface area contributed by atoms with Crippen molar-refractivity contribution in [2.24, 2.45) is 5.73 Å². The van der Waals surface area contributed by atoms with Crippen LogP contribution in [-0.2, 0) is 15.3 Å². The number of hydrogen-bond acceptors (Lipinski definition) is 4. The number of carbonyl (C=O) groups excluding carboxylic acids is 1. The van der Waals surface area contributed by atoms with Crippen molar-refractivity contribution in [3.63, 3.8) is 0 Å². The summed E-state index contributed by atoms with van der Waals surface area (Å²) in [5.74, 6) is 1.06. The zero-order chi connectivity index (χ0) is 12.0. The lowest BCUT2D eigenvalue weighted by molar-refractivity contribution is -0.141. The SMILES string of the molecule is COC(=O)C(N)CSCc1ccc(Br)cc1. The molecule has 0 aliphatic rings. The van der Waals surface area contributed by atoms with Gasteiger partial charge in [0.15, 0.2) is 0 Å². The number of ether oxygens (including phenoxy) is 1. The Kier molecular flexibility index (Phi) is 5.87. The van der Waals surface area contributed by atoms with Gasteiger partial charge < -0.3 is 10.5 Å². The number of methoxy groups -OCH3 is 1. The van der Waals surface area contributed by atoms with Crippen molar-refractivity contribution in [1.82, 2.24) is 0 Å². The average Bonchev–Trinajstić information content (AvgIpc) is 2.30. The Balaban J connectivity index is 2.30. The fraction of sp³-hybridized carbons (Fsp3) is 0.364. The predicted molar refractivity (Wildman–Crippen MR) is 70.3 cm³/mol. The second-order valence-corrected chi connectivity index (χ2v) is 5.22. The van der Waals surface area contributed by atoms with E-state index in [0.29, 0.717) is 5.75 Å². The molecule has 0 saturated carbocycles. The van der Waals surface area contributed by atoms with E-state index in [1.807, 2.05) is 24.3 Å². The molecule has 1 atom stereocenters. The highest BCUT2D eigenvalue weighted by Crippen LogP contribution is 2.16. The highest BCUT2D eigenvalue weighted by atomic mass is 79.9. The molecule has 0 fully saturated rings. The number of hydrogen-bond donors (Lipinski definition) is 1. The monoisotopic (exact) mass is 303 g/mol. The molecule has 1 aromatic rings. The van der Waals surface area contributed by atoms with E-state index >= 15 is 0 Å². The summed E-state index contributed by atoms with van der Waals surface area (Å²) < 4.78 is 5.61. The smallest absolute Gasteiger partial charge is 0.323 e. The van der Waals surface area contributed by atoms with Gasteiger partial charge in [0.2, 0.25) is 0 Å². The van der Waals surface area contributed by atoms with Crippen molar-refractivity contribution in [1.29, 1.82) is 0 Å². The third-order valence-electron chi connectivity index (χ3n) is 1.98. The van der Waals surface area contributed by atoms with Crippen LogP contribution in [-0.4, -0.2) is 24.9 Å². The molecule has 0 aromatic heterocycles. The van der Waals surface area contributed by atoms with Crippen LogP contribution in [0.3, 0.4) is 0 Å². The summed E-state index contributed by atoms with van der Waals surface area (Å²) in [6.07, 6.45) is 0. The Hall–Kier alpha value is -0.520. The third kappa shape index (κ3) is 4.55. The van der Waals surface area contributed by atoms with Gasteiger partial charge in [-0.25, -0.2) is 0 Å². The molecule has 0 aliphatic heterocycles. The van der Waals surface area contributed by atoms with Crippen molar-refractivity contribution in [2.75, 3.05) is 12.9 Å². The lowest BCUT2D eigenvalue weighted by Gasteiger charge is -2.08. The van der Waals surface area contributed by atoms with Crippen LogP contribution in [0.4, 0.5) is 0 Å².